The van der Waals surface area contributed by atoms with E-state index in [4.69, 9.17) is 12.3 Å². The van der Waals surface area contributed by atoms with E-state index in [1.165, 1.54) is 109 Å². The highest BCUT2D eigenvalue weighted by molar-refractivity contribution is 5.95. The van der Waals surface area contributed by atoms with E-state index >= 15 is 4.39 Å². The third-order valence-electron chi connectivity index (χ3n) is 24.6. The van der Waals surface area contributed by atoms with Gasteiger partial charge in [0, 0.05) is 105 Å². The second kappa shape index (κ2) is 34.7. The Kier molecular flexibility index (Phi) is 21.7. The highest BCUT2D eigenvalue weighted by Gasteiger charge is 2.28. The molecular formula is C108H122F2N5+5. The predicted molar refractivity (Wildman–Crippen MR) is 483 cm³/mol. The fraction of sp³-hybridized carbons (Fsp3) is 0.306. The molecule has 10 aromatic carbocycles. The number of hydrogen-bond donors (Lipinski definition) is 0. The molecule has 1 saturated carbocycles. The predicted octanol–water partition coefficient (Wildman–Crippen LogP) is 25.6. The van der Waals surface area contributed by atoms with Crippen LogP contribution in [0.3, 0.4) is 0 Å². The Hall–Kier alpha value is -10.9. The molecule has 1 aliphatic rings. The van der Waals surface area contributed by atoms with E-state index in [0.717, 1.165) is 130 Å². The number of aryl methyl sites for hydroxylation is 21. The third kappa shape index (κ3) is 17.0. The molecule has 15 aromatic rings. The van der Waals surface area contributed by atoms with Crippen LogP contribution < -0.4 is 22.8 Å². The lowest BCUT2D eigenvalue weighted by molar-refractivity contribution is -0.659. The molecule has 0 radical (unpaired) electrons. The molecule has 0 bridgehead atoms. The fourth-order valence-electron chi connectivity index (χ4n) is 17.4. The average Bonchev–Trinajstić information content (AvgIpc) is 0.803. The Morgan fingerprint density at radius 3 is 1.32 bits per heavy atom. The molecule has 588 valence electrons. The number of benzene rings is 10. The third-order valence-corrected chi connectivity index (χ3v) is 24.6. The first-order valence-electron chi connectivity index (χ1n) is 45.3. The van der Waals surface area contributed by atoms with Crippen molar-refractivity contribution in [3.63, 3.8) is 0 Å². The molecule has 1 aliphatic carbocycles. The van der Waals surface area contributed by atoms with Crippen molar-refractivity contribution in [3.05, 3.63) is 322 Å². The summed E-state index contributed by atoms with van der Waals surface area (Å²) >= 11 is 0. The molecule has 1 fully saturated rings. The zero-order valence-corrected chi connectivity index (χ0v) is 72.2. The van der Waals surface area contributed by atoms with Crippen LogP contribution in [0.4, 0.5) is 8.78 Å². The van der Waals surface area contributed by atoms with Crippen LogP contribution in [0.5, 0.6) is 0 Å². The highest BCUT2D eigenvalue weighted by Crippen LogP contribution is 2.40. The van der Waals surface area contributed by atoms with Crippen molar-refractivity contribution in [2.45, 2.75) is 190 Å². The molecule has 0 unspecified atom stereocenters. The van der Waals surface area contributed by atoms with E-state index in [1.807, 2.05) is 125 Å². The summed E-state index contributed by atoms with van der Waals surface area (Å²) in [6, 6.07) is 63.1. The molecule has 5 nitrogen and oxygen atoms in total. The van der Waals surface area contributed by atoms with Crippen molar-refractivity contribution in [3.8, 4) is 56.3 Å². The second-order valence-electron chi connectivity index (χ2n) is 32.8. The molecule has 5 heterocycles. The van der Waals surface area contributed by atoms with E-state index < -0.39 is 20.6 Å². The summed E-state index contributed by atoms with van der Waals surface area (Å²) in [6.07, 6.45) is 9.30. The van der Waals surface area contributed by atoms with Crippen molar-refractivity contribution in [1.29, 1.82) is 0 Å². The number of fused-ring (bicyclic) bond motifs is 5. The molecule has 0 spiro atoms. The van der Waals surface area contributed by atoms with Crippen molar-refractivity contribution in [1.82, 2.24) is 0 Å². The highest BCUT2D eigenvalue weighted by atomic mass is 19.1. The van der Waals surface area contributed by atoms with Crippen LogP contribution in [0.2, 0.25) is 0 Å². The maximum absolute atomic E-state index is 15.2. The van der Waals surface area contributed by atoms with Crippen LogP contribution in [0.1, 0.15) is 180 Å². The molecule has 0 aliphatic heterocycles. The maximum atomic E-state index is 15.2. The number of aromatic nitrogens is 5. The minimum atomic E-state index is -2.16. The van der Waals surface area contributed by atoms with Gasteiger partial charge < -0.3 is 0 Å². The van der Waals surface area contributed by atoms with E-state index in [-0.39, 0.29) is 11.6 Å². The Bertz CT molecular complexity index is 6680. The van der Waals surface area contributed by atoms with Crippen molar-refractivity contribution in [2.24, 2.45) is 35.2 Å². The van der Waals surface area contributed by atoms with Gasteiger partial charge in [-0.1, -0.05) is 116 Å². The number of halogens is 2. The smallest absolute Gasteiger partial charge is 0.206 e. The largest absolute Gasteiger partial charge is 0.223 e. The van der Waals surface area contributed by atoms with Crippen molar-refractivity contribution in [2.75, 3.05) is 0 Å². The number of hydrogen-bond acceptors (Lipinski definition) is 0. The average molecular weight is 1540 g/mol. The summed E-state index contributed by atoms with van der Waals surface area (Å²) in [4.78, 5) is 0. The van der Waals surface area contributed by atoms with Gasteiger partial charge in [-0.05, 0) is 329 Å². The lowest BCUT2D eigenvalue weighted by Gasteiger charge is -2.15. The second-order valence-corrected chi connectivity index (χ2v) is 32.8. The number of nitrogens with zero attached hydrogens (tertiary/aromatic N) is 5. The standard InChI is InChI=1S/C24H27FN.C21H23FN.3C21H24N/c1-15-13-16(2)23(25)22(17(15)3)24-21-14-20(18-7-5-6-8-18)10-9-19(21)11-12-26(24)4;1-12-9-13(2)15(4)18(10-12)19-8-7-17-16(5)21(22)14(3)11-20(17)23(19)6;1-13-9-15(3)17(5)19(11-13)20-8-7-18-16(4)10-14(2)12-21(18)22(20)6;1-6-17-7-8-18-9-10-20(22(5)21(18)13-17)19-12-14(2)11-15(3)16(19)4;1-6-17-8-7-9-20-18(17)10-11-21(22(20)5)19-13-14(2)12-15(3)16(19)4/h9-14,18H,5-8H2,1-4H3;7-11H,1-6H3;7-12H,1-6H3;2*7-13H,6H2,1-5H3/q5*+1/i;2D3;2*3D3;. The van der Waals surface area contributed by atoms with Gasteiger partial charge in [-0.3, -0.25) is 0 Å². The first-order valence-corrected chi connectivity index (χ1v) is 40.8. The monoisotopic (exact) mass is 1540 g/mol. The summed E-state index contributed by atoms with van der Waals surface area (Å²) in [5.74, 6) is 0.382. The van der Waals surface area contributed by atoms with Crippen LogP contribution in [0.25, 0.3) is 111 Å². The van der Waals surface area contributed by atoms with Gasteiger partial charge in [0.15, 0.2) is 6.20 Å². The first kappa shape index (κ1) is 71.9. The van der Waals surface area contributed by atoms with Crippen LogP contribution in [-0.4, -0.2) is 0 Å². The Morgan fingerprint density at radius 2 is 0.783 bits per heavy atom. The minimum Gasteiger partial charge on any atom is -0.206 e. The molecule has 7 heteroatoms. The summed E-state index contributed by atoms with van der Waals surface area (Å²) in [6.45, 7) is 29.8. The first-order chi connectivity index (χ1) is 58.3. The summed E-state index contributed by atoms with van der Waals surface area (Å²) in [5, 5.41) is 6.96. The fourth-order valence-corrected chi connectivity index (χ4v) is 17.4. The van der Waals surface area contributed by atoms with Gasteiger partial charge in [0.05, 0.1) is 16.3 Å². The van der Waals surface area contributed by atoms with E-state index in [0.29, 0.717) is 39.3 Å². The summed E-state index contributed by atoms with van der Waals surface area (Å²) < 4.78 is 111. The van der Waals surface area contributed by atoms with Gasteiger partial charge in [-0.2, -0.15) is 18.3 Å². The molecule has 0 atom stereocenters. The zero-order chi connectivity index (χ0) is 90.5. The zero-order valence-electron chi connectivity index (χ0n) is 81.2. The van der Waals surface area contributed by atoms with Crippen LogP contribution in [0.15, 0.2) is 188 Å². The maximum Gasteiger partial charge on any atom is 0.223 e. The topological polar surface area (TPSA) is 19.4 Å². The van der Waals surface area contributed by atoms with Gasteiger partial charge in [0.1, 0.15) is 46.9 Å². The van der Waals surface area contributed by atoms with Crippen molar-refractivity contribution < 1.29 is 44.0 Å². The van der Waals surface area contributed by atoms with E-state index in [9.17, 15) is 4.39 Å². The Labute approximate surface area is 698 Å². The van der Waals surface area contributed by atoms with Crippen LogP contribution >= 0.6 is 0 Å². The lowest BCUT2D eigenvalue weighted by Crippen LogP contribution is -2.32. The minimum absolute atomic E-state index is 0.0949. The summed E-state index contributed by atoms with van der Waals surface area (Å²) in [7, 11) is 10.2. The van der Waals surface area contributed by atoms with Gasteiger partial charge >= 0.3 is 0 Å². The molecule has 0 saturated heterocycles. The van der Waals surface area contributed by atoms with Crippen LogP contribution in [0, 0.1) is 143 Å². The molecule has 0 N–H and O–H groups in total. The molecule has 16 rings (SSSR count). The normalized spacial score (nSPS) is 13.6. The van der Waals surface area contributed by atoms with Gasteiger partial charge in [-0.25, -0.2) is 13.3 Å². The van der Waals surface area contributed by atoms with Gasteiger partial charge in [0.25, 0.3) is 0 Å². The van der Waals surface area contributed by atoms with E-state index in [2.05, 4.69) is 214 Å². The van der Waals surface area contributed by atoms with Gasteiger partial charge in [0.2, 0.25) is 50.5 Å². The SMILES string of the molecule is CCc1cccc2c1ccc(-c1cc(C)cc(C)c1C)[n+]2C.Cc1cc(C)c(F)c(-c2c3cc(C4CCCC4)ccc3cc[n+]2C)c1C.[2H]C([2H])([2H])c1cc(C)cc(-c2ccc3c(C)c(F)c(C)cc3[n+]2C)c1C.[2H]C([2H])([2H])c1cc(C)cc(-c2ccc3c(C)cc(C)cc3[n+]2C)c1C.[2H]C([2H])([2H])c1cc(C)cc(-c2ccc3ccc(CC)cc3[n+]2C)c1C. The molecular weight excluding hydrogens is 1410 g/mol. The van der Waals surface area contributed by atoms with Gasteiger partial charge in [-0.15, -0.1) is 0 Å². The van der Waals surface area contributed by atoms with Crippen molar-refractivity contribution >= 4 is 54.4 Å². The lowest BCUT2D eigenvalue weighted by atomic mass is 9.91. The molecule has 0 amide bonds. The molecule has 115 heavy (non-hydrogen) atoms. The number of rotatable bonds is 8. The quantitative estimate of drug-likeness (QED) is 0.135. The van der Waals surface area contributed by atoms with Crippen LogP contribution in [-0.2, 0) is 48.1 Å². The van der Waals surface area contributed by atoms with E-state index in [1.54, 1.807) is 32.0 Å². The summed E-state index contributed by atoms with van der Waals surface area (Å²) in [5.41, 5.74) is 36.0. The molecule has 5 aromatic heterocycles. The Morgan fingerprint density at radius 1 is 0.339 bits per heavy atom. The number of pyridine rings is 5. The Balaban J connectivity index is 0.000000141.